The van der Waals surface area contributed by atoms with Crippen LogP contribution in [0.4, 0.5) is 0 Å². The van der Waals surface area contributed by atoms with Crippen molar-refractivity contribution in [1.29, 1.82) is 0 Å². The first kappa shape index (κ1) is 15.5. The lowest BCUT2D eigenvalue weighted by Crippen LogP contribution is -1.98. The summed E-state index contributed by atoms with van der Waals surface area (Å²) in [6.07, 6.45) is 0. The lowest BCUT2D eigenvalue weighted by molar-refractivity contribution is 0.410. The Bertz CT molecular complexity index is 188. The Morgan fingerprint density at radius 2 is 1.57 bits per heavy atom. The van der Waals surface area contributed by atoms with Crippen LogP contribution >= 0.6 is 0 Å². The van der Waals surface area contributed by atoms with Gasteiger partial charge in [0.25, 0.3) is 0 Å². The second-order valence-corrected chi connectivity index (χ2v) is 2.02. The number of hydrogen-bond acceptors (Lipinski definition) is 2. The van der Waals surface area contributed by atoms with Crippen LogP contribution in [0.2, 0.25) is 0 Å². The highest BCUT2D eigenvalue weighted by Gasteiger charge is 1.95. The van der Waals surface area contributed by atoms with Crippen LogP contribution in [0.15, 0.2) is 24.3 Å². The molecular weight excluding hydrogens is 174 g/mol. The SMILES string of the molecule is CC.CC.COc1ccccc1CN. The van der Waals surface area contributed by atoms with E-state index in [0.29, 0.717) is 6.54 Å². The summed E-state index contributed by atoms with van der Waals surface area (Å²) in [4.78, 5) is 0. The Kier molecular flexibility index (Phi) is 13.2. The molecule has 2 N–H and O–H groups in total. The molecule has 0 aliphatic carbocycles. The van der Waals surface area contributed by atoms with Gasteiger partial charge in [-0.3, -0.25) is 0 Å². The smallest absolute Gasteiger partial charge is 0.123 e. The van der Waals surface area contributed by atoms with Gasteiger partial charge >= 0.3 is 0 Å². The largest absolute Gasteiger partial charge is 0.496 e. The number of para-hydroxylation sites is 1. The Hall–Kier alpha value is -1.02. The highest BCUT2D eigenvalue weighted by atomic mass is 16.5. The van der Waals surface area contributed by atoms with Gasteiger partial charge in [0, 0.05) is 12.1 Å². The van der Waals surface area contributed by atoms with Crippen molar-refractivity contribution in [1.82, 2.24) is 0 Å². The van der Waals surface area contributed by atoms with Crippen LogP contribution in [0.5, 0.6) is 5.75 Å². The van der Waals surface area contributed by atoms with E-state index in [1.54, 1.807) is 7.11 Å². The molecule has 82 valence electrons. The monoisotopic (exact) mass is 197 g/mol. The average Bonchev–Trinajstić information content (AvgIpc) is 2.34. The number of ether oxygens (including phenoxy) is 1. The molecule has 1 aromatic rings. The summed E-state index contributed by atoms with van der Waals surface area (Å²) in [6, 6.07) is 7.74. The summed E-state index contributed by atoms with van der Waals surface area (Å²) in [5.74, 6) is 0.866. The molecule has 0 fully saturated rings. The minimum absolute atomic E-state index is 0.532. The molecule has 0 amide bonds. The zero-order chi connectivity index (χ0) is 11.4. The van der Waals surface area contributed by atoms with E-state index in [-0.39, 0.29) is 0 Å². The van der Waals surface area contributed by atoms with Crippen LogP contribution in [-0.4, -0.2) is 7.11 Å². The fraction of sp³-hybridized carbons (Fsp3) is 0.500. The number of methoxy groups -OCH3 is 1. The molecule has 0 aliphatic heterocycles. The molecular formula is C12H23NO. The Balaban J connectivity index is 0. The van der Waals surface area contributed by atoms with Crippen LogP contribution < -0.4 is 10.5 Å². The molecule has 0 radical (unpaired) electrons. The van der Waals surface area contributed by atoms with Gasteiger partial charge in [0.2, 0.25) is 0 Å². The molecule has 1 rings (SSSR count). The summed E-state index contributed by atoms with van der Waals surface area (Å²) in [5.41, 5.74) is 6.49. The van der Waals surface area contributed by atoms with Gasteiger partial charge in [-0.15, -0.1) is 0 Å². The van der Waals surface area contributed by atoms with Crippen LogP contribution in [0.1, 0.15) is 33.3 Å². The highest BCUT2D eigenvalue weighted by Crippen LogP contribution is 2.15. The van der Waals surface area contributed by atoms with Gasteiger partial charge in [-0.05, 0) is 6.07 Å². The fourth-order valence-electron chi connectivity index (χ4n) is 0.872. The van der Waals surface area contributed by atoms with E-state index in [2.05, 4.69) is 0 Å². The van der Waals surface area contributed by atoms with E-state index in [9.17, 15) is 0 Å². The van der Waals surface area contributed by atoms with Crippen molar-refractivity contribution in [2.24, 2.45) is 5.73 Å². The second-order valence-electron chi connectivity index (χ2n) is 2.02. The third-order valence-electron chi connectivity index (χ3n) is 1.41. The first-order chi connectivity index (χ1) is 6.88. The van der Waals surface area contributed by atoms with E-state index >= 15 is 0 Å². The summed E-state index contributed by atoms with van der Waals surface area (Å²) in [6.45, 7) is 8.53. The van der Waals surface area contributed by atoms with Crippen molar-refractivity contribution in [2.45, 2.75) is 34.2 Å². The van der Waals surface area contributed by atoms with E-state index in [1.807, 2.05) is 52.0 Å². The molecule has 0 aliphatic rings. The van der Waals surface area contributed by atoms with Crippen LogP contribution in [0.25, 0.3) is 0 Å². The standard InChI is InChI=1S/C8H11NO.2C2H6/c1-10-8-5-3-2-4-7(8)6-9;2*1-2/h2-5H,6,9H2,1H3;2*1-2H3. The van der Waals surface area contributed by atoms with Crippen LogP contribution in [-0.2, 0) is 6.54 Å². The maximum atomic E-state index is 5.45. The molecule has 0 bridgehead atoms. The van der Waals surface area contributed by atoms with Crippen molar-refractivity contribution in [2.75, 3.05) is 7.11 Å². The zero-order valence-corrected chi connectivity index (χ0v) is 10.0. The molecule has 0 saturated carbocycles. The summed E-state index contributed by atoms with van der Waals surface area (Å²) < 4.78 is 5.06. The minimum atomic E-state index is 0.532. The molecule has 2 heteroatoms. The van der Waals surface area contributed by atoms with Gasteiger partial charge in [0.05, 0.1) is 7.11 Å². The molecule has 0 saturated heterocycles. The van der Waals surface area contributed by atoms with E-state index < -0.39 is 0 Å². The Labute approximate surface area is 88.1 Å². The average molecular weight is 197 g/mol. The van der Waals surface area contributed by atoms with Crippen LogP contribution in [0.3, 0.4) is 0 Å². The topological polar surface area (TPSA) is 35.2 Å². The van der Waals surface area contributed by atoms with Crippen molar-refractivity contribution in [3.8, 4) is 5.75 Å². The highest BCUT2D eigenvalue weighted by molar-refractivity contribution is 5.32. The number of hydrogen-bond donors (Lipinski definition) is 1. The maximum Gasteiger partial charge on any atom is 0.123 e. The van der Waals surface area contributed by atoms with Gasteiger partial charge < -0.3 is 10.5 Å². The molecule has 0 spiro atoms. The van der Waals surface area contributed by atoms with Gasteiger partial charge in [-0.2, -0.15) is 0 Å². The number of nitrogens with two attached hydrogens (primary N) is 1. The number of benzene rings is 1. The molecule has 0 aromatic heterocycles. The molecule has 1 aromatic carbocycles. The molecule has 0 unspecified atom stereocenters. The quantitative estimate of drug-likeness (QED) is 0.790. The normalized spacial score (nSPS) is 7.57. The van der Waals surface area contributed by atoms with E-state index in [4.69, 9.17) is 10.5 Å². The van der Waals surface area contributed by atoms with E-state index in [0.717, 1.165) is 11.3 Å². The van der Waals surface area contributed by atoms with Crippen molar-refractivity contribution < 1.29 is 4.74 Å². The fourth-order valence-corrected chi connectivity index (χ4v) is 0.872. The predicted molar refractivity (Wildman–Crippen MR) is 63.6 cm³/mol. The number of rotatable bonds is 2. The van der Waals surface area contributed by atoms with Gasteiger partial charge in [0.15, 0.2) is 0 Å². The van der Waals surface area contributed by atoms with Crippen molar-refractivity contribution in [3.63, 3.8) is 0 Å². The Morgan fingerprint density at radius 3 is 1.93 bits per heavy atom. The Morgan fingerprint density at radius 1 is 1.07 bits per heavy atom. The summed E-state index contributed by atoms with van der Waals surface area (Å²) >= 11 is 0. The zero-order valence-electron chi connectivity index (χ0n) is 10.0. The lowest BCUT2D eigenvalue weighted by atomic mass is 10.2. The third-order valence-corrected chi connectivity index (χ3v) is 1.41. The van der Waals surface area contributed by atoms with Crippen LogP contribution in [0, 0.1) is 0 Å². The molecule has 0 heterocycles. The molecule has 2 nitrogen and oxygen atoms in total. The minimum Gasteiger partial charge on any atom is -0.496 e. The lowest BCUT2D eigenvalue weighted by Gasteiger charge is -2.03. The van der Waals surface area contributed by atoms with Gasteiger partial charge in [-0.25, -0.2) is 0 Å². The van der Waals surface area contributed by atoms with Gasteiger partial charge in [0.1, 0.15) is 5.75 Å². The molecule has 14 heavy (non-hydrogen) atoms. The summed E-state index contributed by atoms with van der Waals surface area (Å²) in [7, 11) is 1.65. The maximum absolute atomic E-state index is 5.45. The van der Waals surface area contributed by atoms with E-state index in [1.165, 1.54) is 0 Å². The summed E-state index contributed by atoms with van der Waals surface area (Å²) in [5, 5.41) is 0. The molecule has 0 atom stereocenters. The first-order valence-electron chi connectivity index (χ1n) is 5.20. The van der Waals surface area contributed by atoms with Crippen molar-refractivity contribution in [3.05, 3.63) is 29.8 Å². The van der Waals surface area contributed by atoms with Gasteiger partial charge in [-0.1, -0.05) is 45.9 Å². The second kappa shape index (κ2) is 12.0. The third kappa shape index (κ3) is 5.60. The predicted octanol–water partition coefficient (Wildman–Crippen LogP) is 3.21. The van der Waals surface area contributed by atoms with Crippen molar-refractivity contribution >= 4 is 0 Å². The first-order valence-corrected chi connectivity index (χ1v) is 5.20.